The van der Waals surface area contributed by atoms with Crippen molar-refractivity contribution in [3.63, 3.8) is 0 Å². The lowest BCUT2D eigenvalue weighted by atomic mass is 10.1. The Bertz CT molecular complexity index is 1250. The SMILES string of the molecule is CCOC(=O)c1c(-c2ccccc2)nc2c(-c3cc(N4CCOCC4)ncn3)cccn12. The molecule has 0 aliphatic carbocycles. The van der Waals surface area contributed by atoms with Crippen LogP contribution >= 0.6 is 0 Å². The molecule has 1 saturated heterocycles. The van der Waals surface area contributed by atoms with Gasteiger partial charge in [0.05, 0.1) is 25.5 Å². The first-order chi connectivity index (χ1) is 15.8. The van der Waals surface area contributed by atoms with E-state index in [4.69, 9.17) is 14.5 Å². The van der Waals surface area contributed by atoms with Crippen LogP contribution in [0.4, 0.5) is 5.82 Å². The Morgan fingerprint density at radius 1 is 1.09 bits per heavy atom. The quantitative estimate of drug-likeness (QED) is 0.449. The van der Waals surface area contributed by atoms with Gasteiger partial charge >= 0.3 is 5.97 Å². The van der Waals surface area contributed by atoms with E-state index in [9.17, 15) is 4.79 Å². The summed E-state index contributed by atoms with van der Waals surface area (Å²) in [7, 11) is 0. The largest absolute Gasteiger partial charge is 0.461 e. The summed E-state index contributed by atoms with van der Waals surface area (Å²) in [6.07, 6.45) is 3.39. The maximum absolute atomic E-state index is 12.9. The first-order valence-electron chi connectivity index (χ1n) is 10.6. The highest BCUT2D eigenvalue weighted by atomic mass is 16.5. The molecule has 0 radical (unpaired) electrons. The number of fused-ring (bicyclic) bond motifs is 1. The number of nitrogens with zero attached hydrogens (tertiary/aromatic N) is 5. The number of benzene rings is 1. The minimum Gasteiger partial charge on any atom is -0.461 e. The number of hydrogen-bond donors (Lipinski definition) is 0. The molecule has 8 heteroatoms. The zero-order chi connectivity index (χ0) is 21.9. The maximum atomic E-state index is 12.9. The normalized spacial score (nSPS) is 14.0. The molecule has 0 N–H and O–H groups in total. The van der Waals surface area contributed by atoms with E-state index in [0.717, 1.165) is 35.7 Å². The molecule has 1 aliphatic rings. The Labute approximate surface area is 185 Å². The van der Waals surface area contributed by atoms with Crippen molar-refractivity contribution in [1.82, 2.24) is 19.4 Å². The van der Waals surface area contributed by atoms with Gasteiger partial charge in [0, 0.05) is 36.5 Å². The Morgan fingerprint density at radius 2 is 1.91 bits per heavy atom. The number of pyridine rings is 1. The molecule has 0 bridgehead atoms. The van der Waals surface area contributed by atoms with Gasteiger partial charge in [-0.1, -0.05) is 30.3 Å². The molecule has 0 atom stereocenters. The maximum Gasteiger partial charge on any atom is 0.357 e. The molecule has 4 heterocycles. The molecule has 0 spiro atoms. The Balaban J connectivity index is 1.66. The first-order valence-corrected chi connectivity index (χ1v) is 10.6. The van der Waals surface area contributed by atoms with E-state index < -0.39 is 5.97 Å². The average molecular weight is 429 g/mol. The van der Waals surface area contributed by atoms with Crippen molar-refractivity contribution in [2.45, 2.75) is 6.92 Å². The van der Waals surface area contributed by atoms with E-state index in [-0.39, 0.29) is 6.61 Å². The summed E-state index contributed by atoms with van der Waals surface area (Å²) < 4.78 is 12.6. The van der Waals surface area contributed by atoms with Gasteiger partial charge in [-0.15, -0.1) is 0 Å². The molecule has 162 valence electrons. The molecular weight excluding hydrogens is 406 g/mol. The second-order valence-electron chi connectivity index (χ2n) is 7.37. The summed E-state index contributed by atoms with van der Waals surface area (Å²) in [5.41, 5.74) is 4.03. The smallest absolute Gasteiger partial charge is 0.357 e. The third kappa shape index (κ3) is 3.69. The van der Waals surface area contributed by atoms with Crippen LogP contribution in [0.3, 0.4) is 0 Å². The van der Waals surface area contributed by atoms with Gasteiger partial charge in [0.15, 0.2) is 5.69 Å². The van der Waals surface area contributed by atoms with Crippen LogP contribution in [-0.2, 0) is 9.47 Å². The summed E-state index contributed by atoms with van der Waals surface area (Å²) in [4.78, 5) is 28.9. The van der Waals surface area contributed by atoms with Crippen molar-refractivity contribution < 1.29 is 14.3 Å². The van der Waals surface area contributed by atoms with Crippen LogP contribution in [0, 0.1) is 0 Å². The molecule has 0 unspecified atom stereocenters. The molecule has 1 fully saturated rings. The lowest BCUT2D eigenvalue weighted by Gasteiger charge is -2.27. The molecule has 1 aromatic carbocycles. The molecule has 4 aromatic rings. The molecule has 32 heavy (non-hydrogen) atoms. The highest BCUT2D eigenvalue weighted by Gasteiger charge is 2.24. The number of rotatable bonds is 5. The van der Waals surface area contributed by atoms with Gasteiger partial charge in [-0.3, -0.25) is 4.40 Å². The molecule has 1 aliphatic heterocycles. The van der Waals surface area contributed by atoms with E-state index in [1.54, 1.807) is 17.7 Å². The van der Waals surface area contributed by atoms with E-state index in [0.29, 0.717) is 30.2 Å². The predicted molar refractivity (Wildman–Crippen MR) is 121 cm³/mol. The van der Waals surface area contributed by atoms with Crippen LogP contribution in [0.1, 0.15) is 17.4 Å². The van der Waals surface area contributed by atoms with Gasteiger partial charge in [0.1, 0.15) is 23.5 Å². The topological polar surface area (TPSA) is 81.8 Å². The number of carbonyl (C=O) groups is 1. The number of morpholine rings is 1. The number of ether oxygens (including phenoxy) is 2. The zero-order valence-electron chi connectivity index (χ0n) is 17.8. The Morgan fingerprint density at radius 3 is 2.69 bits per heavy atom. The fourth-order valence-electron chi connectivity index (χ4n) is 3.92. The van der Waals surface area contributed by atoms with Crippen LogP contribution < -0.4 is 4.90 Å². The van der Waals surface area contributed by atoms with Crippen molar-refractivity contribution >= 4 is 17.4 Å². The fraction of sp³-hybridized carbons (Fsp3) is 0.250. The minimum absolute atomic E-state index is 0.287. The molecule has 3 aromatic heterocycles. The Kier molecular flexibility index (Phi) is 5.51. The minimum atomic E-state index is -0.410. The van der Waals surface area contributed by atoms with Gasteiger partial charge in [-0.05, 0) is 19.1 Å². The molecule has 0 amide bonds. The van der Waals surface area contributed by atoms with Crippen LogP contribution in [0.2, 0.25) is 0 Å². The highest BCUT2D eigenvalue weighted by Crippen LogP contribution is 2.31. The number of esters is 1. The number of aromatic nitrogens is 4. The summed E-state index contributed by atoms with van der Waals surface area (Å²) >= 11 is 0. The van der Waals surface area contributed by atoms with Gasteiger partial charge in [-0.2, -0.15) is 0 Å². The predicted octanol–water partition coefficient (Wildman–Crippen LogP) is 3.47. The zero-order valence-corrected chi connectivity index (χ0v) is 17.8. The number of anilines is 1. The molecule has 0 saturated carbocycles. The van der Waals surface area contributed by atoms with Crippen LogP contribution in [-0.4, -0.2) is 58.2 Å². The van der Waals surface area contributed by atoms with Crippen LogP contribution in [0.25, 0.3) is 28.2 Å². The second-order valence-corrected chi connectivity index (χ2v) is 7.37. The number of imidazole rings is 1. The molecule has 5 rings (SSSR count). The molecular formula is C24H23N5O3. The molecule has 8 nitrogen and oxygen atoms in total. The van der Waals surface area contributed by atoms with Crippen molar-refractivity contribution in [2.24, 2.45) is 0 Å². The lowest BCUT2D eigenvalue weighted by molar-refractivity contribution is 0.0519. The monoisotopic (exact) mass is 429 g/mol. The van der Waals surface area contributed by atoms with Gasteiger partial charge in [0.25, 0.3) is 0 Å². The van der Waals surface area contributed by atoms with Crippen LogP contribution in [0.5, 0.6) is 0 Å². The van der Waals surface area contributed by atoms with Gasteiger partial charge in [0.2, 0.25) is 0 Å². The standard InChI is InChI=1S/C24H23N5O3/c1-2-32-24(30)22-21(17-7-4-3-5-8-17)27-23-18(9-6-10-29(22)23)19-15-20(26-16-25-19)28-11-13-31-14-12-28/h3-10,15-16H,2,11-14H2,1H3. The Hall–Kier alpha value is -3.78. The van der Waals surface area contributed by atoms with Crippen molar-refractivity contribution in [3.05, 3.63) is 66.7 Å². The number of hydrogen-bond acceptors (Lipinski definition) is 7. The van der Waals surface area contributed by atoms with E-state index in [1.807, 2.05) is 54.7 Å². The fourth-order valence-corrected chi connectivity index (χ4v) is 3.92. The lowest BCUT2D eigenvalue weighted by Crippen LogP contribution is -2.36. The summed E-state index contributed by atoms with van der Waals surface area (Å²) in [6, 6.07) is 15.5. The first kappa shape index (κ1) is 20.1. The average Bonchev–Trinajstić information content (AvgIpc) is 3.25. The van der Waals surface area contributed by atoms with Gasteiger partial charge in [-0.25, -0.2) is 19.7 Å². The summed E-state index contributed by atoms with van der Waals surface area (Å²) in [5, 5.41) is 0. The third-order valence-electron chi connectivity index (χ3n) is 5.43. The van der Waals surface area contributed by atoms with E-state index in [2.05, 4.69) is 14.9 Å². The number of carbonyl (C=O) groups excluding carboxylic acids is 1. The highest BCUT2D eigenvalue weighted by molar-refractivity contribution is 5.97. The summed E-state index contributed by atoms with van der Waals surface area (Å²) in [6.45, 7) is 5.01. The summed E-state index contributed by atoms with van der Waals surface area (Å²) in [5.74, 6) is 0.438. The second kappa shape index (κ2) is 8.76. The van der Waals surface area contributed by atoms with E-state index >= 15 is 0 Å². The third-order valence-corrected chi connectivity index (χ3v) is 5.43. The van der Waals surface area contributed by atoms with Crippen molar-refractivity contribution in [2.75, 3.05) is 37.8 Å². The van der Waals surface area contributed by atoms with Crippen LogP contribution in [0.15, 0.2) is 61.1 Å². The van der Waals surface area contributed by atoms with E-state index in [1.165, 1.54) is 0 Å². The van der Waals surface area contributed by atoms with Crippen molar-refractivity contribution in [1.29, 1.82) is 0 Å². The van der Waals surface area contributed by atoms with Gasteiger partial charge < -0.3 is 14.4 Å². The van der Waals surface area contributed by atoms with Crippen molar-refractivity contribution in [3.8, 4) is 22.5 Å².